The number of carbonyl (C=O) groups excluding carboxylic acids is 1. The van der Waals surface area contributed by atoms with Crippen LogP contribution in [0.25, 0.3) is 11.4 Å². The van der Waals surface area contributed by atoms with E-state index >= 15 is 0 Å². The van der Waals surface area contributed by atoms with Gasteiger partial charge in [-0.15, -0.1) is 10.2 Å². The molecule has 0 spiro atoms. The number of nitrogens with zero attached hydrogens (tertiary/aromatic N) is 3. The number of aryl methyl sites for hydroxylation is 1. The van der Waals surface area contributed by atoms with Crippen LogP contribution < -0.4 is 10.1 Å². The molecule has 3 aromatic rings. The first-order valence-corrected chi connectivity index (χ1v) is 9.93. The van der Waals surface area contributed by atoms with E-state index in [9.17, 15) is 4.79 Å². The molecule has 1 N–H and O–H groups in total. The zero-order valence-electron chi connectivity index (χ0n) is 16.1. The Balaban J connectivity index is 1.76. The number of rotatable bonds is 6. The van der Waals surface area contributed by atoms with Crippen LogP contribution in [0.3, 0.4) is 0 Å². The van der Waals surface area contributed by atoms with Crippen molar-refractivity contribution in [3.8, 4) is 17.1 Å². The number of halogens is 1. The van der Waals surface area contributed by atoms with Gasteiger partial charge in [0.05, 0.1) is 17.9 Å². The number of ether oxygens (including phenoxy) is 1. The van der Waals surface area contributed by atoms with E-state index in [0.29, 0.717) is 21.7 Å². The van der Waals surface area contributed by atoms with Crippen LogP contribution >= 0.6 is 23.4 Å². The maximum Gasteiger partial charge on any atom is 0.237 e. The van der Waals surface area contributed by atoms with Crippen LogP contribution in [0.1, 0.15) is 12.5 Å². The number of aromatic nitrogens is 3. The average molecular weight is 417 g/mol. The lowest BCUT2D eigenvalue weighted by Gasteiger charge is -2.13. The predicted octanol–water partition coefficient (Wildman–Crippen LogP) is 4.57. The topological polar surface area (TPSA) is 69.0 Å². The molecule has 1 heterocycles. The molecular weight excluding hydrogens is 396 g/mol. The fourth-order valence-electron chi connectivity index (χ4n) is 2.66. The number of benzene rings is 2. The van der Waals surface area contributed by atoms with Crippen LogP contribution in [0.5, 0.6) is 5.75 Å². The van der Waals surface area contributed by atoms with Crippen LogP contribution in [-0.2, 0) is 11.8 Å². The van der Waals surface area contributed by atoms with Gasteiger partial charge in [-0.05, 0) is 43.7 Å². The summed E-state index contributed by atoms with van der Waals surface area (Å²) in [5, 5.41) is 12.3. The smallest absolute Gasteiger partial charge is 0.237 e. The lowest BCUT2D eigenvalue weighted by molar-refractivity contribution is -0.115. The van der Waals surface area contributed by atoms with Gasteiger partial charge in [0.25, 0.3) is 0 Å². The summed E-state index contributed by atoms with van der Waals surface area (Å²) < 4.78 is 7.27. The summed E-state index contributed by atoms with van der Waals surface area (Å²) in [6.45, 7) is 3.75. The predicted molar refractivity (Wildman–Crippen MR) is 113 cm³/mol. The highest BCUT2D eigenvalue weighted by Crippen LogP contribution is 2.31. The molecular formula is C20H21ClN4O2S. The van der Waals surface area contributed by atoms with Gasteiger partial charge in [-0.2, -0.15) is 0 Å². The van der Waals surface area contributed by atoms with E-state index < -0.39 is 0 Å². The summed E-state index contributed by atoms with van der Waals surface area (Å²) in [5.41, 5.74) is 2.50. The van der Waals surface area contributed by atoms with Gasteiger partial charge in [0.1, 0.15) is 5.75 Å². The van der Waals surface area contributed by atoms with Crippen LogP contribution in [0.2, 0.25) is 5.02 Å². The zero-order chi connectivity index (χ0) is 20.3. The van der Waals surface area contributed by atoms with Gasteiger partial charge < -0.3 is 14.6 Å². The van der Waals surface area contributed by atoms with Crippen molar-refractivity contribution >= 4 is 35.0 Å². The minimum absolute atomic E-state index is 0.128. The van der Waals surface area contributed by atoms with Crippen molar-refractivity contribution in [1.29, 1.82) is 0 Å². The summed E-state index contributed by atoms with van der Waals surface area (Å²) in [4.78, 5) is 12.6. The summed E-state index contributed by atoms with van der Waals surface area (Å²) in [7, 11) is 3.49. The Bertz CT molecular complexity index is 1010. The van der Waals surface area contributed by atoms with Crippen molar-refractivity contribution in [3.63, 3.8) is 0 Å². The van der Waals surface area contributed by atoms with Gasteiger partial charge in [0.15, 0.2) is 11.0 Å². The molecule has 0 fully saturated rings. The fourth-order valence-corrected chi connectivity index (χ4v) is 3.64. The van der Waals surface area contributed by atoms with E-state index in [1.807, 2.05) is 55.8 Å². The standard InChI is InChI=1S/C20H21ClN4O2S/c1-12-9-10-14(21)11-16(12)22-19(26)13(2)28-20-24-23-18(25(20)3)15-7-5-6-8-17(15)27-4/h5-11,13H,1-4H3,(H,22,26)/t13-/m1/s1. The molecule has 28 heavy (non-hydrogen) atoms. The first kappa shape index (κ1) is 20.2. The highest BCUT2D eigenvalue weighted by atomic mass is 35.5. The number of thioether (sulfide) groups is 1. The fraction of sp³-hybridized carbons (Fsp3) is 0.250. The van der Waals surface area contributed by atoms with Crippen molar-refractivity contribution < 1.29 is 9.53 Å². The quantitative estimate of drug-likeness (QED) is 0.596. The molecule has 6 nitrogen and oxygen atoms in total. The molecule has 0 unspecified atom stereocenters. The normalized spacial score (nSPS) is 11.9. The van der Waals surface area contributed by atoms with Crippen LogP contribution in [0, 0.1) is 6.92 Å². The summed E-state index contributed by atoms with van der Waals surface area (Å²) in [5.74, 6) is 1.27. The lowest BCUT2D eigenvalue weighted by atomic mass is 10.2. The average Bonchev–Trinajstić information content (AvgIpc) is 3.04. The molecule has 0 bridgehead atoms. The molecule has 0 aliphatic rings. The highest BCUT2D eigenvalue weighted by molar-refractivity contribution is 8.00. The largest absolute Gasteiger partial charge is 0.496 e. The van der Waals surface area contributed by atoms with E-state index in [1.165, 1.54) is 11.8 Å². The molecule has 0 aliphatic heterocycles. The molecule has 0 saturated carbocycles. The number of methoxy groups -OCH3 is 1. The Morgan fingerprint density at radius 1 is 1.25 bits per heavy atom. The Kier molecular flexibility index (Phi) is 6.26. The second kappa shape index (κ2) is 8.67. The van der Waals surface area contributed by atoms with E-state index in [2.05, 4.69) is 15.5 Å². The molecule has 8 heteroatoms. The summed E-state index contributed by atoms with van der Waals surface area (Å²) in [6.07, 6.45) is 0. The molecule has 1 amide bonds. The Hall–Kier alpha value is -2.51. The maximum atomic E-state index is 12.6. The van der Waals surface area contributed by atoms with Gasteiger partial charge >= 0.3 is 0 Å². The number of hydrogen-bond donors (Lipinski definition) is 1. The minimum atomic E-state index is -0.369. The van der Waals surface area contributed by atoms with E-state index in [4.69, 9.17) is 16.3 Å². The van der Waals surface area contributed by atoms with Gasteiger partial charge in [-0.1, -0.05) is 41.6 Å². The molecule has 3 rings (SSSR count). The first-order chi connectivity index (χ1) is 13.4. The third kappa shape index (κ3) is 4.31. The number of anilines is 1. The van der Waals surface area contributed by atoms with E-state index in [-0.39, 0.29) is 11.2 Å². The SMILES string of the molecule is COc1ccccc1-c1nnc(S[C@H](C)C(=O)Nc2cc(Cl)ccc2C)n1C. The maximum absolute atomic E-state index is 12.6. The number of hydrogen-bond acceptors (Lipinski definition) is 5. The van der Waals surface area contributed by atoms with Crippen molar-refractivity contribution in [1.82, 2.24) is 14.8 Å². The third-order valence-electron chi connectivity index (χ3n) is 4.29. The van der Waals surface area contributed by atoms with Crippen molar-refractivity contribution in [3.05, 3.63) is 53.1 Å². The van der Waals surface area contributed by atoms with Gasteiger partial charge in [0.2, 0.25) is 5.91 Å². The second-order valence-electron chi connectivity index (χ2n) is 6.27. The number of nitrogens with one attached hydrogen (secondary N) is 1. The van der Waals surface area contributed by atoms with Crippen molar-refractivity contribution in [2.75, 3.05) is 12.4 Å². The molecule has 146 valence electrons. The van der Waals surface area contributed by atoms with Crippen molar-refractivity contribution in [2.24, 2.45) is 7.05 Å². The lowest BCUT2D eigenvalue weighted by Crippen LogP contribution is -2.23. The molecule has 0 radical (unpaired) electrons. The highest BCUT2D eigenvalue weighted by Gasteiger charge is 2.21. The first-order valence-electron chi connectivity index (χ1n) is 8.67. The van der Waals surface area contributed by atoms with Gasteiger partial charge in [-0.3, -0.25) is 4.79 Å². The molecule has 0 aliphatic carbocycles. The number of amides is 1. The Morgan fingerprint density at radius 3 is 2.75 bits per heavy atom. The van der Waals surface area contributed by atoms with E-state index in [1.54, 1.807) is 19.2 Å². The number of para-hydroxylation sites is 1. The Labute approximate surface area is 173 Å². The Morgan fingerprint density at radius 2 is 2.00 bits per heavy atom. The van der Waals surface area contributed by atoms with Gasteiger partial charge in [-0.25, -0.2) is 0 Å². The monoisotopic (exact) mass is 416 g/mol. The van der Waals surface area contributed by atoms with Crippen LogP contribution in [0.15, 0.2) is 47.6 Å². The van der Waals surface area contributed by atoms with Gasteiger partial charge in [0, 0.05) is 17.8 Å². The molecule has 1 atom stereocenters. The molecule has 1 aromatic heterocycles. The van der Waals surface area contributed by atoms with Crippen molar-refractivity contribution in [2.45, 2.75) is 24.3 Å². The van der Waals surface area contributed by atoms with E-state index in [0.717, 1.165) is 16.9 Å². The molecule has 0 saturated heterocycles. The minimum Gasteiger partial charge on any atom is -0.496 e. The van der Waals surface area contributed by atoms with Crippen LogP contribution in [0.4, 0.5) is 5.69 Å². The summed E-state index contributed by atoms with van der Waals surface area (Å²) in [6, 6.07) is 13.0. The zero-order valence-corrected chi connectivity index (χ0v) is 17.6. The van der Waals surface area contributed by atoms with Crippen LogP contribution in [-0.4, -0.2) is 33.0 Å². The second-order valence-corrected chi connectivity index (χ2v) is 8.02. The summed E-state index contributed by atoms with van der Waals surface area (Å²) >= 11 is 7.37. The number of carbonyl (C=O) groups is 1. The molecule has 2 aromatic carbocycles. The third-order valence-corrected chi connectivity index (χ3v) is 5.66.